The van der Waals surface area contributed by atoms with Crippen LogP contribution in [0, 0.1) is 27.2 Å². The minimum absolute atomic E-state index is 0.104. The van der Waals surface area contributed by atoms with Crippen molar-refractivity contribution in [2.45, 2.75) is 170 Å². The quantitative estimate of drug-likeness (QED) is 0.0104. The molecule has 2 aliphatic heterocycles. The number of benzene rings is 3. The van der Waals surface area contributed by atoms with Gasteiger partial charge in [-0.15, -0.1) is 0 Å². The van der Waals surface area contributed by atoms with E-state index in [0.29, 0.717) is 39.1 Å². The van der Waals surface area contributed by atoms with Crippen LogP contribution in [-0.4, -0.2) is 137 Å². The number of esters is 1. The highest BCUT2D eigenvalue weighted by molar-refractivity contribution is 7.87. The van der Waals surface area contributed by atoms with Crippen LogP contribution in [0.25, 0.3) is 0 Å². The highest BCUT2D eigenvalue weighted by Crippen LogP contribution is 2.36. The molecule has 4 heterocycles. The summed E-state index contributed by atoms with van der Waals surface area (Å²) in [5.74, 6) is -2.41. The lowest BCUT2D eigenvalue weighted by Gasteiger charge is -2.31. The third kappa shape index (κ3) is 26.1. The molecule has 93 heavy (non-hydrogen) atoms. The number of aryl methyl sites for hydroxylation is 1. The number of nitrogen functional groups attached to an aromatic ring is 2. The number of nitrogens with zero attached hydrogens (tertiary/aromatic N) is 9. The van der Waals surface area contributed by atoms with Gasteiger partial charge in [0.05, 0.1) is 37.5 Å². The molecule has 2 radical (unpaired) electrons. The maximum Gasteiger partial charge on any atom is 0.410 e. The molecule has 0 aliphatic carbocycles. The standard InChI is InChI=1S/C27H38N6O7.C18H28N2O2.C15H18N4O6S.CH3B.CO2.H2/c1-6-8-13-39-25-29-23(28)22(33(36)37)24(30-25)32(17-21(34)38-7-2)15-18-9-10-20-16-31(12-11-19(20)14-18)26(35)40-27(3,4)5;1-5-9-19-12-14-6-7-16-13-20(10-8-15(16)11-14)17(21)22-18(2,3)4;1-3-4-9-24-15-17-13(16)12(19(20)21)14(18-15)25-26(22,23)11-7-5-10(2)6-8-11;1-2;2-1-3;/h9-10,14H,6-8,11-13,15-17H2,1-5H3,(H2,28,29,30);6-7,11,19H,5,8-10,12-13H2,1-4H3;5-8H,3-4,9H2,1-2H3,(H2,16,17,18);1H3;;1H/i;;;;;1+2D. The zero-order valence-corrected chi connectivity index (χ0v) is 55.9. The predicted molar refractivity (Wildman–Crippen MR) is 348 cm³/mol. The lowest BCUT2D eigenvalue weighted by molar-refractivity contribution is -0.385. The molecule has 31 heteroatoms. The van der Waals surface area contributed by atoms with E-state index in [4.69, 9.17) is 51.9 Å². The Morgan fingerprint density at radius 2 is 1.20 bits per heavy atom. The van der Waals surface area contributed by atoms with E-state index in [1.165, 1.54) is 40.5 Å². The third-order valence-electron chi connectivity index (χ3n) is 13.0. The Balaban J connectivity index is 0.000000484. The van der Waals surface area contributed by atoms with Gasteiger partial charge in [-0.2, -0.15) is 37.9 Å². The zero-order valence-electron chi connectivity index (χ0n) is 57.1. The van der Waals surface area contributed by atoms with Crippen LogP contribution in [0.5, 0.6) is 17.9 Å². The van der Waals surface area contributed by atoms with Crippen LogP contribution in [0.15, 0.2) is 65.6 Å². The van der Waals surface area contributed by atoms with Crippen molar-refractivity contribution in [2.24, 2.45) is 0 Å². The Morgan fingerprint density at radius 3 is 1.67 bits per heavy atom. The van der Waals surface area contributed by atoms with Gasteiger partial charge in [-0.3, -0.25) is 25.0 Å². The molecule has 2 amide bonds. The molecule has 508 valence electrons. The second kappa shape index (κ2) is 38.0. The third-order valence-corrected chi connectivity index (χ3v) is 14.2. The molecular weight excluding hydrogens is 1230 g/mol. The highest BCUT2D eigenvalue weighted by Gasteiger charge is 2.33. The first-order valence-corrected chi connectivity index (χ1v) is 31.6. The summed E-state index contributed by atoms with van der Waals surface area (Å²) in [4.78, 5) is 95.4. The summed E-state index contributed by atoms with van der Waals surface area (Å²) in [5.41, 5.74) is 16.7. The van der Waals surface area contributed by atoms with Gasteiger partial charge in [-0.1, -0.05) is 94.5 Å². The predicted octanol–water partition coefficient (Wildman–Crippen LogP) is 9.58. The highest BCUT2D eigenvalue weighted by atomic mass is 32.2. The van der Waals surface area contributed by atoms with Gasteiger partial charge in [0.1, 0.15) is 22.6 Å². The van der Waals surface area contributed by atoms with E-state index in [-0.39, 0.29) is 73.2 Å². The van der Waals surface area contributed by atoms with Gasteiger partial charge in [-0.05, 0) is 140 Å². The SMILES string of the molecule is CCCCOc1nc(N)c([N+](=O)[O-])c(N(CC(=O)OCC)Cc2ccc3c(c2)CCN(C(=O)OC(C)(C)C)C3)n1.CCCCOc1nc(N)c([N+](=O)[O-])c(OS(=O)(=O)c2ccc(C)cc2)n1.CCCNCc1ccc2c(c1)CCN(C(=O)OC(C)(C)C)C2.O=C=O.[2H][3H].[B]C. The van der Waals surface area contributed by atoms with Crippen LogP contribution in [0.2, 0.25) is 6.82 Å². The summed E-state index contributed by atoms with van der Waals surface area (Å²) < 4.78 is 66.5. The van der Waals surface area contributed by atoms with Crippen molar-refractivity contribution in [1.29, 1.82) is 0 Å². The summed E-state index contributed by atoms with van der Waals surface area (Å²) in [6.45, 7) is 27.0. The molecule has 2 aromatic heterocycles. The van der Waals surface area contributed by atoms with Crippen molar-refractivity contribution >= 4 is 71.1 Å². The van der Waals surface area contributed by atoms with Crippen molar-refractivity contribution in [3.63, 3.8) is 0 Å². The molecular formula is C62H89BN12O17S. The van der Waals surface area contributed by atoms with Crippen LogP contribution < -0.4 is 35.3 Å². The Hall–Kier alpha value is -9.22. The molecule has 0 fully saturated rings. The molecule has 29 nitrogen and oxygen atoms in total. The summed E-state index contributed by atoms with van der Waals surface area (Å²) in [7, 11) is 0.149. The number of nitro groups is 2. The van der Waals surface area contributed by atoms with E-state index < -0.39 is 60.2 Å². The molecule has 0 saturated carbocycles. The number of amides is 2. The van der Waals surface area contributed by atoms with E-state index in [1.54, 1.807) is 35.8 Å². The van der Waals surface area contributed by atoms with Crippen molar-refractivity contribution in [3.8, 4) is 17.9 Å². The monoisotopic (exact) mass is 1320 g/mol. The second-order valence-electron chi connectivity index (χ2n) is 22.8. The molecule has 7 rings (SSSR count). The van der Waals surface area contributed by atoms with Gasteiger partial charge in [0.15, 0.2) is 0 Å². The first-order valence-electron chi connectivity index (χ1n) is 31.2. The van der Waals surface area contributed by atoms with E-state index in [2.05, 4.69) is 58.2 Å². The number of hydrogen-bond acceptors (Lipinski definition) is 25. The lowest BCUT2D eigenvalue weighted by atomic mass is 9.97. The molecule has 0 atom stereocenters. The molecule has 5 aromatic rings. The number of aromatic nitrogens is 4. The van der Waals surface area contributed by atoms with Gasteiger partial charge >= 0.3 is 63.7 Å². The van der Waals surface area contributed by atoms with Gasteiger partial charge in [0.25, 0.3) is 0 Å². The molecule has 0 unspecified atom stereocenters. The van der Waals surface area contributed by atoms with Crippen molar-refractivity contribution < 1.29 is 73.1 Å². The fraction of sp³-hybridized carbons (Fsp3) is 0.516. The minimum atomic E-state index is -4.35. The van der Waals surface area contributed by atoms with Gasteiger partial charge in [-0.25, -0.2) is 9.59 Å². The van der Waals surface area contributed by atoms with Gasteiger partial charge in [0, 0.05) is 42.2 Å². The van der Waals surface area contributed by atoms with E-state index >= 15 is 0 Å². The average Bonchev–Trinajstić information content (AvgIpc) is 0.830. The number of hydrogen-bond donors (Lipinski definition) is 3. The Kier molecular flexibility index (Phi) is 31.1. The first kappa shape index (κ1) is 76.2. The summed E-state index contributed by atoms with van der Waals surface area (Å²) in [6.07, 6.45) is 5.47. The summed E-state index contributed by atoms with van der Waals surface area (Å²) >= 11 is 0. The number of unbranched alkanes of at least 4 members (excludes halogenated alkanes) is 2. The van der Waals surface area contributed by atoms with E-state index in [1.807, 2.05) is 73.6 Å². The van der Waals surface area contributed by atoms with Crippen LogP contribution in [0.4, 0.5) is 38.4 Å². The normalized spacial score (nSPS) is 12.3. The second-order valence-corrected chi connectivity index (χ2v) is 24.4. The number of ether oxygens (including phenoxy) is 5. The largest absolute Gasteiger partial charge is 0.465 e. The van der Waals surface area contributed by atoms with Gasteiger partial charge < -0.3 is 59.4 Å². The Bertz CT molecular complexity index is 3450. The molecule has 5 N–H and O–H groups in total. The van der Waals surface area contributed by atoms with E-state index in [0.717, 1.165) is 74.0 Å². The lowest BCUT2D eigenvalue weighted by Crippen LogP contribution is -2.40. The number of nitrogens with two attached hydrogens (primary N) is 2. The number of carbonyl (C=O) groups excluding carboxylic acids is 5. The molecule has 0 spiro atoms. The van der Waals surface area contributed by atoms with Crippen LogP contribution in [0.1, 0.15) is 143 Å². The first-order chi connectivity index (χ1) is 45.0. The number of rotatable bonds is 23. The summed E-state index contributed by atoms with van der Waals surface area (Å²) in [6, 6.07) is 17.7. The summed E-state index contributed by atoms with van der Waals surface area (Å²) in [5, 5.41) is 26.6. The number of nitrogens with one attached hydrogen (secondary N) is 1. The Labute approximate surface area is 547 Å². The number of fused-ring (bicyclic) bond motifs is 2. The Morgan fingerprint density at radius 1 is 0.731 bits per heavy atom. The van der Waals surface area contributed by atoms with Crippen LogP contribution in [0.3, 0.4) is 0 Å². The number of anilines is 3. The molecule has 0 bridgehead atoms. The maximum absolute atomic E-state index is 12.5. The van der Waals surface area contributed by atoms with Crippen LogP contribution in [-0.2, 0) is 77.7 Å². The molecule has 2 aliphatic rings. The smallest absolute Gasteiger partial charge is 0.410 e. The fourth-order valence-corrected chi connectivity index (χ4v) is 9.57. The van der Waals surface area contributed by atoms with E-state index in [9.17, 15) is 43.0 Å². The zero-order chi connectivity index (χ0) is 71.6. The topological polar surface area (TPSA) is 386 Å². The maximum atomic E-state index is 12.5. The van der Waals surface area contributed by atoms with Crippen molar-refractivity contribution in [3.05, 3.63) is 120 Å². The van der Waals surface area contributed by atoms with Crippen LogP contribution >= 0.6 is 0 Å². The minimum Gasteiger partial charge on any atom is -0.465 e. The molecule has 3 aromatic carbocycles. The molecule has 0 saturated heterocycles. The van der Waals surface area contributed by atoms with Gasteiger partial charge in [0.2, 0.25) is 17.5 Å². The van der Waals surface area contributed by atoms with Crippen molar-refractivity contribution in [2.75, 3.05) is 62.4 Å². The fourth-order valence-electron chi connectivity index (χ4n) is 8.68. The number of carbonyl (C=O) groups is 3. The average molecular weight is 1320 g/mol. The van der Waals surface area contributed by atoms with Crippen molar-refractivity contribution in [1.82, 2.24) is 35.1 Å².